The molecule has 0 aliphatic carbocycles. The highest BCUT2D eigenvalue weighted by molar-refractivity contribution is 7.91. The lowest BCUT2D eigenvalue weighted by Crippen LogP contribution is -2.39. The fraction of sp³-hybridized carbons (Fsp3) is 0.214. The molecular weight excluding hydrogens is 490 g/mol. The molecule has 1 aliphatic rings. The van der Waals surface area contributed by atoms with E-state index >= 15 is 0 Å². The lowest BCUT2D eigenvalue weighted by molar-refractivity contribution is -0.128. The molecule has 0 N–H and O–H groups in total. The van der Waals surface area contributed by atoms with Gasteiger partial charge in [0, 0.05) is 34.3 Å². The summed E-state index contributed by atoms with van der Waals surface area (Å²) >= 11 is 1.59. The average Bonchev–Trinajstić information content (AvgIpc) is 3.60. The number of aromatic nitrogens is 2. The summed E-state index contributed by atoms with van der Waals surface area (Å²) in [5, 5.41) is 6.80. The van der Waals surface area contributed by atoms with E-state index in [-0.39, 0.29) is 23.5 Å². The van der Waals surface area contributed by atoms with E-state index in [1.807, 2.05) is 89.9 Å². The number of para-hydroxylation sites is 1. The van der Waals surface area contributed by atoms with Gasteiger partial charge in [0.1, 0.15) is 0 Å². The van der Waals surface area contributed by atoms with E-state index in [9.17, 15) is 13.2 Å². The molecule has 1 unspecified atom stereocenters. The smallest absolute Gasteiger partial charge is 0.247 e. The number of carbonyl (C=O) groups excluding carboxylic acids is 1. The lowest BCUT2D eigenvalue weighted by Gasteiger charge is -2.27. The molecule has 8 heteroatoms. The van der Waals surface area contributed by atoms with Crippen LogP contribution in [0, 0.1) is 6.92 Å². The normalized spacial score (nSPS) is 17.0. The third kappa shape index (κ3) is 5.34. The lowest BCUT2D eigenvalue weighted by atomic mass is 10.1. The van der Waals surface area contributed by atoms with Crippen LogP contribution in [0.4, 0.5) is 0 Å². The molecular formula is C28H27N3O3S2. The van der Waals surface area contributed by atoms with Gasteiger partial charge in [-0.2, -0.15) is 5.10 Å². The van der Waals surface area contributed by atoms with Crippen molar-refractivity contribution in [2.75, 3.05) is 11.5 Å². The van der Waals surface area contributed by atoms with Crippen LogP contribution in [-0.4, -0.2) is 46.6 Å². The third-order valence-electron chi connectivity index (χ3n) is 6.43. The number of amides is 1. The van der Waals surface area contributed by atoms with Gasteiger partial charge in [0.15, 0.2) is 9.84 Å². The summed E-state index contributed by atoms with van der Waals surface area (Å²) in [6.45, 7) is 2.42. The van der Waals surface area contributed by atoms with Crippen LogP contribution in [-0.2, 0) is 21.2 Å². The second kappa shape index (κ2) is 10.2. The van der Waals surface area contributed by atoms with Crippen molar-refractivity contribution in [2.45, 2.75) is 25.9 Å². The Bertz CT molecular complexity index is 1490. The fourth-order valence-electron chi connectivity index (χ4n) is 4.43. The quantitative estimate of drug-likeness (QED) is 0.318. The van der Waals surface area contributed by atoms with Gasteiger partial charge in [-0.25, -0.2) is 13.1 Å². The summed E-state index contributed by atoms with van der Waals surface area (Å²) in [5.74, 6) is -0.0641. The topological polar surface area (TPSA) is 72.3 Å². The van der Waals surface area contributed by atoms with E-state index in [1.54, 1.807) is 28.4 Å². The van der Waals surface area contributed by atoms with Crippen LogP contribution in [0.5, 0.6) is 0 Å². The molecule has 1 amide bonds. The van der Waals surface area contributed by atoms with Gasteiger partial charge in [-0.1, -0.05) is 48.5 Å². The Kier molecular flexibility index (Phi) is 6.89. The van der Waals surface area contributed by atoms with Crippen LogP contribution >= 0.6 is 11.3 Å². The number of rotatable bonds is 7. The first kappa shape index (κ1) is 24.2. The molecule has 1 saturated heterocycles. The molecule has 2 aromatic carbocycles. The summed E-state index contributed by atoms with van der Waals surface area (Å²) in [7, 11) is -3.13. The Balaban J connectivity index is 1.48. The Labute approximate surface area is 215 Å². The summed E-state index contributed by atoms with van der Waals surface area (Å²) in [5.41, 5.74) is 4.56. The molecule has 1 fully saturated rings. The Hall–Kier alpha value is -3.49. The first-order chi connectivity index (χ1) is 17.4. The van der Waals surface area contributed by atoms with Crippen molar-refractivity contribution in [3.05, 3.63) is 100 Å². The van der Waals surface area contributed by atoms with Gasteiger partial charge in [0.2, 0.25) is 5.91 Å². The maximum atomic E-state index is 13.5. The molecule has 5 rings (SSSR count). The van der Waals surface area contributed by atoms with Crippen LogP contribution in [0.25, 0.3) is 23.0 Å². The highest BCUT2D eigenvalue weighted by Crippen LogP contribution is 2.27. The number of nitrogens with zero attached hydrogens (tertiary/aromatic N) is 3. The highest BCUT2D eigenvalue weighted by atomic mass is 32.2. The predicted molar refractivity (Wildman–Crippen MR) is 145 cm³/mol. The summed E-state index contributed by atoms with van der Waals surface area (Å²) in [6, 6.07) is 21.4. The van der Waals surface area contributed by atoms with Gasteiger partial charge in [-0.05, 0) is 48.6 Å². The van der Waals surface area contributed by atoms with E-state index in [1.165, 1.54) is 0 Å². The average molecular weight is 518 g/mol. The van der Waals surface area contributed by atoms with Crippen molar-refractivity contribution in [1.29, 1.82) is 0 Å². The van der Waals surface area contributed by atoms with Crippen molar-refractivity contribution in [1.82, 2.24) is 14.7 Å². The van der Waals surface area contributed by atoms with Gasteiger partial charge in [0.25, 0.3) is 0 Å². The molecule has 0 bridgehead atoms. The molecule has 1 aliphatic heterocycles. The van der Waals surface area contributed by atoms with Crippen LogP contribution in [0.1, 0.15) is 22.4 Å². The van der Waals surface area contributed by atoms with Gasteiger partial charge in [-0.15, -0.1) is 11.3 Å². The summed E-state index contributed by atoms with van der Waals surface area (Å²) < 4.78 is 26.2. The van der Waals surface area contributed by atoms with Crippen molar-refractivity contribution >= 4 is 33.2 Å². The van der Waals surface area contributed by atoms with Crippen molar-refractivity contribution in [2.24, 2.45) is 0 Å². The molecule has 4 aromatic rings. The minimum Gasteiger partial charge on any atom is -0.330 e. The first-order valence-electron chi connectivity index (χ1n) is 11.8. The van der Waals surface area contributed by atoms with E-state index in [0.29, 0.717) is 13.0 Å². The molecule has 184 valence electrons. The summed E-state index contributed by atoms with van der Waals surface area (Å²) in [6.07, 6.45) is 5.71. The zero-order valence-electron chi connectivity index (χ0n) is 19.9. The molecule has 2 aromatic heterocycles. The monoisotopic (exact) mass is 517 g/mol. The molecule has 6 nitrogen and oxygen atoms in total. The van der Waals surface area contributed by atoms with Gasteiger partial charge >= 0.3 is 0 Å². The minimum atomic E-state index is -3.13. The van der Waals surface area contributed by atoms with Crippen LogP contribution in [0.3, 0.4) is 0 Å². The van der Waals surface area contributed by atoms with Crippen molar-refractivity contribution in [3.8, 4) is 16.9 Å². The summed E-state index contributed by atoms with van der Waals surface area (Å²) in [4.78, 5) is 16.3. The van der Waals surface area contributed by atoms with Gasteiger partial charge in [-0.3, -0.25) is 4.79 Å². The maximum Gasteiger partial charge on any atom is 0.247 e. The zero-order valence-corrected chi connectivity index (χ0v) is 21.6. The molecule has 1 atom stereocenters. The van der Waals surface area contributed by atoms with E-state index < -0.39 is 9.84 Å². The molecule has 0 spiro atoms. The van der Waals surface area contributed by atoms with E-state index in [4.69, 9.17) is 5.10 Å². The number of hydrogen-bond acceptors (Lipinski definition) is 5. The van der Waals surface area contributed by atoms with Crippen LogP contribution < -0.4 is 0 Å². The largest absolute Gasteiger partial charge is 0.330 e. The van der Waals surface area contributed by atoms with Crippen molar-refractivity contribution in [3.63, 3.8) is 0 Å². The molecule has 36 heavy (non-hydrogen) atoms. The second-order valence-electron chi connectivity index (χ2n) is 8.96. The number of thiophene rings is 1. The SMILES string of the molecule is Cc1ccsc1CN(C(=O)/C=C/c1cn(-c2ccccc2)nc1-c1ccccc1)C1CCS(=O)(=O)C1. The molecule has 3 heterocycles. The molecule has 0 saturated carbocycles. The number of sulfone groups is 1. The zero-order chi connectivity index (χ0) is 25.1. The van der Waals surface area contributed by atoms with Crippen LogP contribution in [0.2, 0.25) is 0 Å². The van der Waals surface area contributed by atoms with Gasteiger partial charge in [0.05, 0.1) is 29.4 Å². The number of carbonyl (C=O) groups is 1. The number of aryl methyl sites for hydroxylation is 1. The minimum absolute atomic E-state index is 0.0121. The Morgan fingerprint density at radius 2 is 1.83 bits per heavy atom. The fourth-order valence-corrected chi connectivity index (χ4v) is 7.06. The van der Waals surface area contributed by atoms with Crippen LogP contribution in [0.15, 0.2) is 84.4 Å². The molecule has 0 radical (unpaired) electrons. The predicted octanol–water partition coefficient (Wildman–Crippen LogP) is 5.14. The Morgan fingerprint density at radius 3 is 2.47 bits per heavy atom. The maximum absolute atomic E-state index is 13.5. The standard InChI is InChI=1S/C28H27N3O3S2/c1-21-14-16-35-26(21)19-30(25-15-17-36(33,34)20-25)27(32)13-12-23-18-31(24-10-6-3-7-11-24)29-28(23)22-8-4-2-5-9-22/h2-14,16,18,25H,15,17,19-20H2,1H3/b13-12+. The second-order valence-corrected chi connectivity index (χ2v) is 12.2. The van der Waals surface area contributed by atoms with Gasteiger partial charge < -0.3 is 4.90 Å². The third-order valence-corrected chi connectivity index (χ3v) is 9.19. The van der Waals surface area contributed by atoms with E-state index in [0.717, 1.165) is 32.9 Å². The van der Waals surface area contributed by atoms with Crippen molar-refractivity contribution < 1.29 is 13.2 Å². The Morgan fingerprint density at radius 1 is 1.11 bits per heavy atom. The number of hydrogen-bond donors (Lipinski definition) is 0. The first-order valence-corrected chi connectivity index (χ1v) is 14.5. The van der Waals surface area contributed by atoms with E-state index in [2.05, 4.69) is 0 Å². The number of benzene rings is 2. The highest BCUT2D eigenvalue weighted by Gasteiger charge is 2.34.